The Balaban J connectivity index is 1.29. The van der Waals surface area contributed by atoms with E-state index in [0.29, 0.717) is 32.1 Å². The lowest BCUT2D eigenvalue weighted by Crippen LogP contribution is -2.47. The molecule has 10 nitrogen and oxygen atoms in total. The standard InChI is InChI=1S/C24H31N7O3S/c1-35(32,33)31-11-9-30(10-12-31)17-18-2-4-19(5-3-18)21-14-22-23(27-7-6-26-22)24(29-21)28-16-20-15-25-8-13-34-20/h2-7,14,20,25H,8-13,15-17H2,1H3,(H,28,29)/t20-/m0/s1. The minimum absolute atomic E-state index is 0.0829. The summed E-state index contributed by atoms with van der Waals surface area (Å²) in [4.78, 5) is 16.1. The molecule has 0 unspecified atom stereocenters. The Morgan fingerprint density at radius 2 is 1.89 bits per heavy atom. The molecule has 2 aliphatic heterocycles. The van der Waals surface area contributed by atoms with Crippen LogP contribution in [0.25, 0.3) is 22.3 Å². The van der Waals surface area contributed by atoms with Crippen LogP contribution in [0.3, 0.4) is 0 Å². The maximum atomic E-state index is 11.7. The van der Waals surface area contributed by atoms with E-state index in [1.807, 2.05) is 6.07 Å². The first-order valence-corrected chi connectivity index (χ1v) is 13.8. The van der Waals surface area contributed by atoms with Gasteiger partial charge in [0, 0.05) is 70.3 Å². The molecule has 5 rings (SSSR count). The summed E-state index contributed by atoms with van der Waals surface area (Å²) >= 11 is 0. The molecule has 2 fully saturated rings. The Hall–Kier alpha value is -2.70. The summed E-state index contributed by atoms with van der Waals surface area (Å²) < 4.78 is 30.8. The normalized spacial score (nSPS) is 20.2. The molecule has 0 aliphatic carbocycles. The van der Waals surface area contributed by atoms with E-state index in [1.54, 1.807) is 16.7 Å². The van der Waals surface area contributed by atoms with Crippen molar-refractivity contribution in [2.45, 2.75) is 12.6 Å². The second-order valence-corrected chi connectivity index (χ2v) is 11.0. The molecule has 2 aromatic heterocycles. The van der Waals surface area contributed by atoms with Gasteiger partial charge in [-0.05, 0) is 11.6 Å². The maximum Gasteiger partial charge on any atom is 0.211 e. The third-order valence-electron chi connectivity index (χ3n) is 6.41. The highest BCUT2D eigenvalue weighted by Gasteiger charge is 2.23. The molecule has 0 bridgehead atoms. The average Bonchev–Trinajstić information content (AvgIpc) is 2.88. The molecular weight excluding hydrogens is 466 g/mol. The van der Waals surface area contributed by atoms with E-state index in [1.165, 1.54) is 11.8 Å². The summed E-state index contributed by atoms with van der Waals surface area (Å²) in [6, 6.07) is 10.3. The Labute approximate surface area is 205 Å². The van der Waals surface area contributed by atoms with Crippen molar-refractivity contribution >= 4 is 26.9 Å². The van der Waals surface area contributed by atoms with E-state index in [2.05, 4.69) is 49.8 Å². The number of nitrogens with zero attached hydrogens (tertiary/aromatic N) is 5. The SMILES string of the molecule is CS(=O)(=O)N1CCN(Cc2ccc(-c3cc4nccnc4c(NC[C@@H]4CNCCO4)n3)cc2)CC1. The zero-order chi connectivity index (χ0) is 24.3. The second-order valence-electron chi connectivity index (χ2n) is 8.99. The van der Waals surface area contributed by atoms with Gasteiger partial charge in [0.15, 0.2) is 5.82 Å². The Bertz CT molecular complexity index is 1260. The van der Waals surface area contributed by atoms with Crippen molar-refractivity contribution in [1.29, 1.82) is 0 Å². The lowest BCUT2D eigenvalue weighted by molar-refractivity contribution is 0.0372. The molecule has 2 saturated heterocycles. The van der Waals surface area contributed by atoms with Crippen LogP contribution in [0.2, 0.25) is 0 Å². The topological polar surface area (TPSA) is 113 Å². The number of fused-ring (bicyclic) bond motifs is 1. The van der Waals surface area contributed by atoms with Crippen LogP contribution in [0.1, 0.15) is 5.56 Å². The first-order valence-electron chi connectivity index (χ1n) is 11.9. The van der Waals surface area contributed by atoms with Crippen LogP contribution in [0.15, 0.2) is 42.7 Å². The number of morpholine rings is 1. The summed E-state index contributed by atoms with van der Waals surface area (Å²) in [5.74, 6) is 0.701. The molecule has 4 heterocycles. The van der Waals surface area contributed by atoms with Gasteiger partial charge in [0.25, 0.3) is 0 Å². The zero-order valence-electron chi connectivity index (χ0n) is 19.9. The Morgan fingerprint density at radius 3 is 2.60 bits per heavy atom. The van der Waals surface area contributed by atoms with E-state index >= 15 is 0 Å². The Morgan fingerprint density at radius 1 is 1.11 bits per heavy atom. The van der Waals surface area contributed by atoms with E-state index in [4.69, 9.17) is 9.72 Å². The van der Waals surface area contributed by atoms with E-state index in [9.17, 15) is 8.42 Å². The van der Waals surface area contributed by atoms with E-state index in [0.717, 1.165) is 55.0 Å². The molecule has 2 N–H and O–H groups in total. The number of hydrogen-bond acceptors (Lipinski definition) is 9. The van der Waals surface area contributed by atoms with Gasteiger partial charge < -0.3 is 15.4 Å². The van der Waals surface area contributed by atoms with Crippen molar-refractivity contribution in [3.05, 3.63) is 48.3 Å². The number of piperazine rings is 1. The highest BCUT2D eigenvalue weighted by Crippen LogP contribution is 2.26. The molecule has 3 aromatic rings. The van der Waals surface area contributed by atoms with Crippen LogP contribution < -0.4 is 10.6 Å². The zero-order valence-corrected chi connectivity index (χ0v) is 20.7. The lowest BCUT2D eigenvalue weighted by atomic mass is 10.1. The van der Waals surface area contributed by atoms with Crippen molar-refractivity contribution in [2.24, 2.45) is 0 Å². The van der Waals surface area contributed by atoms with Crippen LogP contribution >= 0.6 is 0 Å². The van der Waals surface area contributed by atoms with Crippen molar-refractivity contribution in [3.63, 3.8) is 0 Å². The number of anilines is 1. The van der Waals surface area contributed by atoms with Gasteiger partial charge in [0.05, 0.1) is 30.2 Å². The van der Waals surface area contributed by atoms with E-state index < -0.39 is 10.0 Å². The fourth-order valence-electron chi connectivity index (χ4n) is 4.46. The van der Waals surface area contributed by atoms with Crippen molar-refractivity contribution in [3.8, 4) is 11.3 Å². The summed E-state index contributed by atoms with van der Waals surface area (Å²) in [6.45, 7) is 6.36. The second kappa shape index (κ2) is 10.5. The van der Waals surface area contributed by atoms with Crippen LogP contribution in [-0.2, 0) is 21.3 Å². The number of rotatable bonds is 7. The molecule has 0 spiro atoms. The molecule has 2 aliphatic rings. The fraction of sp³-hybridized carbons (Fsp3) is 0.458. The molecule has 35 heavy (non-hydrogen) atoms. The number of pyridine rings is 1. The highest BCUT2D eigenvalue weighted by molar-refractivity contribution is 7.88. The number of aromatic nitrogens is 3. The molecule has 186 valence electrons. The summed E-state index contributed by atoms with van der Waals surface area (Å²) in [5, 5.41) is 6.76. The van der Waals surface area contributed by atoms with Gasteiger partial charge in [-0.3, -0.25) is 9.88 Å². The molecular formula is C24H31N7O3S. The summed E-state index contributed by atoms with van der Waals surface area (Å²) in [5.41, 5.74) is 4.54. The van der Waals surface area contributed by atoms with Crippen LogP contribution in [0.4, 0.5) is 5.82 Å². The van der Waals surface area contributed by atoms with Gasteiger partial charge in [-0.1, -0.05) is 24.3 Å². The molecule has 1 aromatic carbocycles. The summed E-state index contributed by atoms with van der Waals surface area (Å²) in [7, 11) is -3.11. The van der Waals surface area contributed by atoms with Gasteiger partial charge in [-0.25, -0.2) is 18.4 Å². The minimum Gasteiger partial charge on any atom is -0.374 e. The molecule has 0 radical (unpaired) electrons. The van der Waals surface area contributed by atoms with Crippen molar-refractivity contribution < 1.29 is 13.2 Å². The number of benzene rings is 1. The fourth-order valence-corrected chi connectivity index (χ4v) is 5.29. The third kappa shape index (κ3) is 5.93. The maximum absolute atomic E-state index is 11.7. The van der Waals surface area contributed by atoms with Gasteiger partial charge in [-0.15, -0.1) is 0 Å². The summed E-state index contributed by atoms with van der Waals surface area (Å²) in [6.07, 6.45) is 4.73. The number of ether oxygens (including phenoxy) is 1. The van der Waals surface area contributed by atoms with Crippen LogP contribution in [0, 0.1) is 0 Å². The van der Waals surface area contributed by atoms with Gasteiger partial charge in [-0.2, -0.15) is 4.31 Å². The predicted molar refractivity (Wildman–Crippen MR) is 136 cm³/mol. The van der Waals surface area contributed by atoms with Crippen LogP contribution in [0.5, 0.6) is 0 Å². The first-order chi connectivity index (χ1) is 17.0. The largest absolute Gasteiger partial charge is 0.374 e. The lowest BCUT2D eigenvalue weighted by Gasteiger charge is -2.33. The molecule has 0 amide bonds. The first kappa shape index (κ1) is 24.0. The smallest absolute Gasteiger partial charge is 0.211 e. The monoisotopic (exact) mass is 497 g/mol. The molecule has 0 saturated carbocycles. The van der Waals surface area contributed by atoms with Gasteiger partial charge >= 0.3 is 0 Å². The number of nitrogens with one attached hydrogen (secondary N) is 2. The average molecular weight is 498 g/mol. The quantitative estimate of drug-likeness (QED) is 0.497. The van der Waals surface area contributed by atoms with E-state index in [-0.39, 0.29) is 6.10 Å². The minimum atomic E-state index is -3.11. The van der Waals surface area contributed by atoms with Crippen LogP contribution in [-0.4, -0.2) is 97.4 Å². The predicted octanol–water partition coefficient (Wildman–Crippen LogP) is 1.17. The molecule has 1 atom stereocenters. The Kier molecular flexibility index (Phi) is 7.21. The van der Waals surface area contributed by atoms with Crippen molar-refractivity contribution in [2.75, 3.05) is 64.0 Å². The third-order valence-corrected chi connectivity index (χ3v) is 7.72. The van der Waals surface area contributed by atoms with Crippen molar-refractivity contribution in [1.82, 2.24) is 29.5 Å². The van der Waals surface area contributed by atoms with Gasteiger partial charge in [0.2, 0.25) is 10.0 Å². The van der Waals surface area contributed by atoms with Gasteiger partial charge in [0.1, 0.15) is 5.52 Å². The number of sulfonamides is 1. The highest BCUT2D eigenvalue weighted by atomic mass is 32.2. The molecule has 11 heteroatoms. The number of hydrogen-bond donors (Lipinski definition) is 2.